The topological polar surface area (TPSA) is 41.0 Å². The molecule has 1 saturated heterocycles. The molecular weight excluding hydrogens is 268 g/mol. The summed E-state index contributed by atoms with van der Waals surface area (Å²) in [6.45, 7) is 12.6. The number of anilines is 1. The zero-order valence-corrected chi connectivity index (χ0v) is 14.0. The van der Waals surface area contributed by atoms with E-state index in [2.05, 4.69) is 48.1 Å². The molecule has 0 radical (unpaired) electrons. The smallest absolute Gasteiger partial charge is 0.205 e. The van der Waals surface area contributed by atoms with Crippen molar-refractivity contribution in [2.24, 2.45) is 11.8 Å². The van der Waals surface area contributed by atoms with E-state index in [1.54, 1.807) is 11.3 Å². The predicted octanol–water partition coefficient (Wildman–Crippen LogP) is 3.27. The van der Waals surface area contributed by atoms with Gasteiger partial charge < -0.3 is 10.2 Å². The minimum absolute atomic E-state index is 0.476. The van der Waals surface area contributed by atoms with E-state index >= 15 is 0 Å². The zero-order valence-electron chi connectivity index (χ0n) is 13.2. The third kappa shape index (κ3) is 4.42. The van der Waals surface area contributed by atoms with Gasteiger partial charge in [0.2, 0.25) is 5.13 Å². The van der Waals surface area contributed by atoms with Crippen LogP contribution < -0.4 is 5.32 Å². The molecule has 4 nitrogen and oxygen atoms in total. The lowest BCUT2D eigenvalue weighted by Gasteiger charge is -2.35. The van der Waals surface area contributed by atoms with Gasteiger partial charge in [0.15, 0.2) is 0 Å². The maximum Gasteiger partial charge on any atom is 0.205 e. The Kier molecular flexibility index (Phi) is 5.78. The van der Waals surface area contributed by atoms with E-state index in [-0.39, 0.29) is 0 Å². The summed E-state index contributed by atoms with van der Waals surface area (Å²) in [6, 6.07) is 0.476. The van der Waals surface area contributed by atoms with Crippen LogP contribution in [0.25, 0.3) is 0 Å². The Morgan fingerprint density at radius 3 is 2.85 bits per heavy atom. The second-order valence-electron chi connectivity index (χ2n) is 6.33. The van der Waals surface area contributed by atoms with Crippen LogP contribution in [0.1, 0.15) is 45.5 Å². The molecule has 0 amide bonds. The maximum atomic E-state index is 4.29. The van der Waals surface area contributed by atoms with Crippen LogP contribution in [0.15, 0.2) is 0 Å². The van der Waals surface area contributed by atoms with Crippen molar-refractivity contribution in [3.8, 4) is 0 Å². The van der Waals surface area contributed by atoms with Crippen molar-refractivity contribution in [2.75, 3.05) is 25.0 Å². The Labute approximate surface area is 127 Å². The standard InChI is InChI=1S/C15H28N4S/c1-5-19-8-6-7-13(10-19)12(4)16-15-18-17-14(20-15)9-11(2)3/h11-13H,5-10H2,1-4H3,(H,16,18). The van der Waals surface area contributed by atoms with E-state index in [0.717, 1.165) is 22.5 Å². The SMILES string of the molecule is CCN1CCCC(C(C)Nc2nnc(CC(C)C)s2)C1. The summed E-state index contributed by atoms with van der Waals surface area (Å²) in [4.78, 5) is 2.55. The molecule has 0 bridgehead atoms. The van der Waals surface area contributed by atoms with Crippen LogP contribution in [0, 0.1) is 11.8 Å². The van der Waals surface area contributed by atoms with Crippen LogP contribution in [-0.2, 0) is 6.42 Å². The molecule has 2 heterocycles. The first-order valence-electron chi connectivity index (χ1n) is 7.89. The summed E-state index contributed by atoms with van der Waals surface area (Å²) in [5, 5.41) is 14.3. The van der Waals surface area contributed by atoms with Gasteiger partial charge in [-0.3, -0.25) is 0 Å². The molecule has 2 unspecified atom stereocenters. The molecule has 1 aliphatic heterocycles. The van der Waals surface area contributed by atoms with Gasteiger partial charge in [0.05, 0.1) is 0 Å². The highest BCUT2D eigenvalue weighted by Crippen LogP contribution is 2.24. The first-order valence-corrected chi connectivity index (χ1v) is 8.71. The average Bonchev–Trinajstić information content (AvgIpc) is 2.85. The molecule has 0 aliphatic carbocycles. The molecule has 1 aromatic heterocycles. The quantitative estimate of drug-likeness (QED) is 0.875. The molecule has 114 valence electrons. The number of hydrogen-bond donors (Lipinski definition) is 1. The Hall–Kier alpha value is -0.680. The van der Waals surface area contributed by atoms with E-state index in [9.17, 15) is 0 Å². The summed E-state index contributed by atoms with van der Waals surface area (Å²) < 4.78 is 0. The van der Waals surface area contributed by atoms with E-state index in [4.69, 9.17) is 0 Å². The van der Waals surface area contributed by atoms with Crippen molar-refractivity contribution < 1.29 is 0 Å². The number of likely N-dealkylation sites (tertiary alicyclic amines) is 1. The van der Waals surface area contributed by atoms with Gasteiger partial charge in [-0.25, -0.2) is 0 Å². The molecule has 5 heteroatoms. The fourth-order valence-electron chi connectivity index (χ4n) is 2.84. The Balaban J connectivity index is 1.87. The Bertz CT molecular complexity index is 404. The fraction of sp³-hybridized carbons (Fsp3) is 0.867. The molecule has 1 fully saturated rings. The third-order valence-electron chi connectivity index (χ3n) is 4.10. The zero-order chi connectivity index (χ0) is 14.5. The van der Waals surface area contributed by atoms with Gasteiger partial charge >= 0.3 is 0 Å². The van der Waals surface area contributed by atoms with E-state index in [1.165, 1.54) is 32.5 Å². The van der Waals surface area contributed by atoms with Gasteiger partial charge in [-0.05, 0) is 44.7 Å². The van der Waals surface area contributed by atoms with Crippen molar-refractivity contribution in [1.82, 2.24) is 15.1 Å². The number of piperidine rings is 1. The van der Waals surface area contributed by atoms with E-state index in [0.29, 0.717) is 12.0 Å². The lowest BCUT2D eigenvalue weighted by atomic mass is 9.92. The monoisotopic (exact) mass is 296 g/mol. The largest absolute Gasteiger partial charge is 0.357 e. The molecule has 0 saturated carbocycles. The molecule has 1 aromatic rings. The highest BCUT2D eigenvalue weighted by atomic mass is 32.1. The number of aromatic nitrogens is 2. The summed E-state index contributed by atoms with van der Waals surface area (Å²) >= 11 is 1.71. The van der Waals surface area contributed by atoms with Crippen LogP contribution >= 0.6 is 11.3 Å². The van der Waals surface area contributed by atoms with Crippen LogP contribution in [0.5, 0.6) is 0 Å². The molecule has 0 spiro atoms. The molecule has 20 heavy (non-hydrogen) atoms. The highest BCUT2D eigenvalue weighted by Gasteiger charge is 2.24. The van der Waals surface area contributed by atoms with Crippen LogP contribution in [-0.4, -0.2) is 40.8 Å². The van der Waals surface area contributed by atoms with Gasteiger partial charge in [0.25, 0.3) is 0 Å². The van der Waals surface area contributed by atoms with E-state index < -0.39 is 0 Å². The van der Waals surface area contributed by atoms with Crippen molar-refractivity contribution in [3.05, 3.63) is 5.01 Å². The highest BCUT2D eigenvalue weighted by molar-refractivity contribution is 7.15. The normalized spacial score (nSPS) is 22.1. The maximum absolute atomic E-state index is 4.29. The molecule has 0 aromatic carbocycles. The van der Waals surface area contributed by atoms with Crippen molar-refractivity contribution >= 4 is 16.5 Å². The van der Waals surface area contributed by atoms with Crippen molar-refractivity contribution in [1.29, 1.82) is 0 Å². The number of nitrogens with one attached hydrogen (secondary N) is 1. The molecular formula is C15H28N4S. The molecule has 2 rings (SSSR count). The van der Waals surface area contributed by atoms with Gasteiger partial charge in [-0.15, -0.1) is 10.2 Å². The summed E-state index contributed by atoms with van der Waals surface area (Å²) in [7, 11) is 0. The minimum Gasteiger partial charge on any atom is -0.357 e. The summed E-state index contributed by atoms with van der Waals surface area (Å²) in [6.07, 6.45) is 3.67. The molecule has 1 N–H and O–H groups in total. The average molecular weight is 296 g/mol. The van der Waals surface area contributed by atoms with Gasteiger partial charge in [0.1, 0.15) is 5.01 Å². The van der Waals surface area contributed by atoms with Gasteiger partial charge in [-0.1, -0.05) is 32.1 Å². The van der Waals surface area contributed by atoms with Crippen LogP contribution in [0.3, 0.4) is 0 Å². The third-order valence-corrected chi connectivity index (χ3v) is 4.97. The number of rotatable bonds is 6. The summed E-state index contributed by atoms with van der Waals surface area (Å²) in [5.74, 6) is 1.37. The predicted molar refractivity (Wildman–Crippen MR) is 86.4 cm³/mol. The minimum atomic E-state index is 0.476. The second-order valence-corrected chi connectivity index (χ2v) is 7.39. The van der Waals surface area contributed by atoms with Crippen molar-refractivity contribution in [3.63, 3.8) is 0 Å². The van der Waals surface area contributed by atoms with Gasteiger partial charge in [0, 0.05) is 19.0 Å². The summed E-state index contributed by atoms with van der Waals surface area (Å²) in [5.41, 5.74) is 0. The second kappa shape index (κ2) is 7.36. The lowest BCUT2D eigenvalue weighted by Crippen LogP contribution is -2.41. The Morgan fingerprint density at radius 1 is 1.35 bits per heavy atom. The first kappa shape index (κ1) is 15.7. The first-order chi connectivity index (χ1) is 9.58. The fourth-order valence-corrected chi connectivity index (χ4v) is 3.89. The van der Waals surface area contributed by atoms with Crippen LogP contribution in [0.2, 0.25) is 0 Å². The van der Waals surface area contributed by atoms with Crippen molar-refractivity contribution in [2.45, 2.75) is 53.0 Å². The van der Waals surface area contributed by atoms with Gasteiger partial charge in [-0.2, -0.15) is 0 Å². The Morgan fingerprint density at radius 2 is 2.15 bits per heavy atom. The molecule has 2 atom stereocenters. The number of hydrogen-bond acceptors (Lipinski definition) is 5. The lowest BCUT2D eigenvalue weighted by molar-refractivity contribution is 0.172. The number of nitrogens with zero attached hydrogens (tertiary/aromatic N) is 3. The molecule has 1 aliphatic rings. The van der Waals surface area contributed by atoms with Crippen LogP contribution in [0.4, 0.5) is 5.13 Å². The van der Waals surface area contributed by atoms with E-state index in [1.807, 2.05) is 0 Å².